The molecule has 2 heterocycles. The molecule has 1 aromatic rings. The van der Waals surface area contributed by atoms with Gasteiger partial charge in [0, 0.05) is 31.9 Å². The summed E-state index contributed by atoms with van der Waals surface area (Å²) >= 11 is 5.89. The molecule has 1 N–H and O–H groups in total. The first kappa shape index (κ1) is 12.8. The third-order valence-corrected chi connectivity index (χ3v) is 5.11. The quantitative estimate of drug-likeness (QED) is 0.864. The fourth-order valence-corrected chi connectivity index (χ4v) is 3.88. The highest BCUT2D eigenvalue weighted by Gasteiger charge is 2.33. The smallest absolute Gasteiger partial charge is 0.262 e. The molecule has 0 unspecified atom stereocenters. The predicted molar refractivity (Wildman–Crippen MR) is 65.5 cm³/mol. The van der Waals surface area contributed by atoms with Gasteiger partial charge in [-0.25, -0.2) is 13.4 Å². The number of halogens is 1. The maximum Gasteiger partial charge on any atom is 0.262 e. The molecule has 0 aliphatic carbocycles. The van der Waals surface area contributed by atoms with Crippen molar-refractivity contribution in [3.8, 4) is 0 Å². The first-order valence-corrected chi connectivity index (χ1v) is 7.18. The fraction of sp³-hybridized carbons (Fsp3) is 0.500. The Labute approximate surface area is 106 Å². The zero-order valence-electron chi connectivity index (χ0n) is 9.43. The van der Waals surface area contributed by atoms with E-state index in [0.717, 1.165) is 0 Å². The summed E-state index contributed by atoms with van der Waals surface area (Å²) in [5.41, 5.74) is 0. The molecule has 0 spiro atoms. The molecular weight excluding hydrogens is 262 g/mol. The minimum Gasteiger partial charge on any atom is -0.314 e. The summed E-state index contributed by atoms with van der Waals surface area (Å²) in [5, 5.41) is 3.25. The summed E-state index contributed by atoms with van der Waals surface area (Å²) in [7, 11) is -3.59. The van der Waals surface area contributed by atoms with Gasteiger partial charge in [0.25, 0.3) is 10.0 Å². The SMILES string of the molecule is C[C@@H]1CNCCN1S(=O)(=O)c1ncccc1Cl. The van der Waals surface area contributed by atoms with E-state index in [9.17, 15) is 8.42 Å². The lowest BCUT2D eigenvalue weighted by Gasteiger charge is -2.32. The van der Waals surface area contributed by atoms with Crippen LogP contribution in [0, 0.1) is 0 Å². The van der Waals surface area contributed by atoms with E-state index in [0.29, 0.717) is 19.6 Å². The van der Waals surface area contributed by atoms with Crippen LogP contribution >= 0.6 is 11.6 Å². The van der Waals surface area contributed by atoms with Crippen LogP contribution in [0.25, 0.3) is 0 Å². The minimum atomic E-state index is -3.59. The zero-order valence-corrected chi connectivity index (χ0v) is 11.0. The number of sulfonamides is 1. The van der Waals surface area contributed by atoms with E-state index in [4.69, 9.17) is 11.6 Å². The summed E-state index contributed by atoms with van der Waals surface area (Å²) in [6.07, 6.45) is 1.44. The monoisotopic (exact) mass is 275 g/mol. The van der Waals surface area contributed by atoms with Crippen molar-refractivity contribution in [1.29, 1.82) is 0 Å². The molecule has 0 amide bonds. The first-order valence-electron chi connectivity index (χ1n) is 5.36. The van der Waals surface area contributed by atoms with Crippen LogP contribution in [0.5, 0.6) is 0 Å². The third kappa shape index (κ3) is 2.44. The summed E-state index contributed by atoms with van der Waals surface area (Å²) in [4.78, 5) is 3.88. The van der Waals surface area contributed by atoms with Crippen LogP contribution in [0.3, 0.4) is 0 Å². The first-order chi connectivity index (χ1) is 8.03. The van der Waals surface area contributed by atoms with E-state index in [1.807, 2.05) is 6.92 Å². The molecular formula is C10H14ClN3O2S. The topological polar surface area (TPSA) is 62.3 Å². The fourth-order valence-electron chi connectivity index (χ4n) is 1.85. The Morgan fingerprint density at radius 2 is 2.35 bits per heavy atom. The van der Waals surface area contributed by atoms with Crippen molar-refractivity contribution >= 4 is 21.6 Å². The average Bonchev–Trinajstić information content (AvgIpc) is 2.29. The number of aromatic nitrogens is 1. The molecule has 1 aliphatic heterocycles. The summed E-state index contributed by atoms with van der Waals surface area (Å²) in [6, 6.07) is 3.06. The molecule has 5 nitrogen and oxygen atoms in total. The Morgan fingerprint density at radius 3 is 3.00 bits per heavy atom. The molecule has 0 saturated carbocycles. The van der Waals surface area contributed by atoms with Gasteiger partial charge < -0.3 is 5.32 Å². The van der Waals surface area contributed by atoms with E-state index < -0.39 is 10.0 Å². The average molecular weight is 276 g/mol. The van der Waals surface area contributed by atoms with Gasteiger partial charge in [-0.05, 0) is 19.1 Å². The second kappa shape index (κ2) is 4.89. The number of pyridine rings is 1. The molecule has 0 aromatic carbocycles. The lowest BCUT2D eigenvalue weighted by molar-refractivity contribution is 0.283. The van der Waals surface area contributed by atoms with Crippen LogP contribution in [-0.4, -0.2) is 43.4 Å². The minimum absolute atomic E-state index is 0.0598. The largest absolute Gasteiger partial charge is 0.314 e. The highest BCUT2D eigenvalue weighted by molar-refractivity contribution is 7.89. The van der Waals surface area contributed by atoms with Crippen LogP contribution in [0.15, 0.2) is 23.4 Å². The molecule has 0 bridgehead atoms. The van der Waals surface area contributed by atoms with E-state index in [2.05, 4.69) is 10.3 Å². The Hall–Kier alpha value is -0.690. The molecule has 0 radical (unpaired) electrons. The van der Waals surface area contributed by atoms with Gasteiger partial charge in [0.15, 0.2) is 5.03 Å². The number of nitrogens with zero attached hydrogens (tertiary/aromatic N) is 2. The van der Waals surface area contributed by atoms with Crippen LogP contribution in [0.1, 0.15) is 6.92 Å². The van der Waals surface area contributed by atoms with Crippen molar-refractivity contribution in [1.82, 2.24) is 14.6 Å². The summed E-state index contributed by atoms with van der Waals surface area (Å²) in [5.74, 6) is 0. The Morgan fingerprint density at radius 1 is 1.59 bits per heavy atom. The molecule has 1 aromatic heterocycles. The van der Waals surface area contributed by atoms with Gasteiger partial charge >= 0.3 is 0 Å². The Kier molecular flexibility index (Phi) is 3.67. The molecule has 1 fully saturated rings. The number of rotatable bonds is 2. The van der Waals surface area contributed by atoms with Gasteiger partial charge in [0.05, 0.1) is 5.02 Å². The van der Waals surface area contributed by atoms with Crippen molar-refractivity contribution in [3.05, 3.63) is 23.4 Å². The Balaban J connectivity index is 2.39. The van der Waals surface area contributed by atoms with E-state index in [1.165, 1.54) is 16.6 Å². The standard InChI is InChI=1S/C10H14ClN3O2S/c1-8-7-12-5-6-14(8)17(15,16)10-9(11)3-2-4-13-10/h2-4,8,12H,5-7H2,1H3/t8-/m1/s1. The van der Waals surface area contributed by atoms with Gasteiger partial charge in [0.1, 0.15) is 0 Å². The molecule has 1 saturated heterocycles. The zero-order chi connectivity index (χ0) is 12.5. The summed E-state index contributed by atoms with van der Waals surface area (Å²) < 4.78 is 26.2. The lowest BCUT2D eigenvalue weighted by Crippen LogP contribution is -2.52. The van der Waals surface area contributed by atoms with Crippen molar-refractivity contribution in [2.45, 2.75) is 18.0 Å². The molecule has 17 heavy (non-hydrogen) atoms. The second-order valence-corrected chi connectivity index (χ2v) is 6.17. The predicted octanol–water partition coefficient (Wildman–Crippen LogP) is 0.717. The number of nitrogens with one attached hydrogen (secondary N) is 1. The maximum absolute atomic E-state index is 12.4. The van der Waals surface area contributed by atoms with Crippen LogP contribution in [0.2, 0.25) is 5.02 Å². The second-order valence-electron chi connectivity index (χ2n) is 3.96. The van der Waals surface area contributed by atoms with Crippen LogP contribution in [-0.2, 0) is 10.0 Å². The van der Waals surface area contributed by atoms with Gasteiger partial charge in [-0.3, -0.25) is 0 Å². The third-order valence-electron chi connectivity index (χ3n) is 2.72. The molecule has 1 atom stereocenters. The van der Waals surface area contributed by atoms with Crippen LogP contribution < -0.4 is 5.32 Å². The Bertz CT molecular complexity index is 506. The van der Waals surface area contributed by atoms with Gasteiger partial charge in [0.2, 0.25) is 0 Å². The van der Waals surface area contributed by atoms with Crippen LogP contribution in [0.4, 0.5) is 0 Å². The number of hydrogen-bond donors (Lipinski definition) is 1. The maximum atomic E-state index is 12.4. The normalized spacial score (nSPS) is 22.6. The molecule has 7 heteroatoms. The van der Waals surface area contributed by atoms with Gasteiger partial charge in [-0.15, -0.1) is 0 Å². The van der Waals surface area contributed by atoms with Crippen molar-refractivity contribution in [2.24, 2.45) is 0 Å². The van der Waals surface area contributed by atoms with Crippen molar-refractivity contribution in [3.63, 3.8) is 0 Å². The number of piperazine rings is 1. The van der Waals surface area contributed by atoms with Gasteiger partial charge in [-0.2, -0.15) is 4.31 Å². The van der Waals surface area contributed by atoms with Crippen molar-refractivity contribution in [2.75, 3.05) is 19.6 Å². The van der Waals surface area contributed by atoms with E-state index in [1.54, 1.807) is 6.07 Å². The van der Waals surface area contributed by atoms with E-state index >= 15 is 0 Å². The van der Waals surface area contributed by atoms with Crippen molar-refractivity contribution < 1.29 is 8.42 Å². The highest BCUT2D eigenvalue weighted by atomic mass is 35.5. The number of hydrogen-bond acceptors (Lipinski definition) is 4. The molecule has 94 valence electrons. The molecule has 2 rings (SSSR count). The van der Waals surface area contributed by atoms with Gasteiger partial charge in [-0.1, -0.05) is 11.6 Å². The highest BCUT2D eigenvalue weighted by Crippen LogP contribution is 2.23. The lowest BCUT2D eigenvalue weighted by atomic mass is 10.3. The van der Waals surface area contributed by atoms with E-state index in [-0.39, 0.29) is 16.1 Å². The molecule has 1 aliphatic rings. The summed E-state index contributed by atoms with van der Waals surface area (Å²) in [6.45, 7) is 3.59.